The molecule has 0 aromatic heterocycles. The summed E-state index contributed by atoms with van der Waals surface area (Å²) in [4.78, 5) is 14.5. The fourth-order valence-electron chi connectivity index (χ4n) is 3.23. The molecule has 0 atom stereocenters. The van der Waals surface area contributed by atoms with Crippen LogP contribution in [0.3, 0.4) is 0 Å². The lowest BCUT2D eigenvalue weighted by molar-refractivity contribution is -0.117. The average Bonchev–Trinajstić information content (AvgIpc) is 2.70. The van der Waals surface area contributed by atoms with Crippen LogP contribution >= 0.6 is 0 Å². The number of rotatable bonds is 7. The van der Waals surface area contributed by atoms with Gasteiger partial charge in [0, 0.05) is 25.3 Å². The van der Waals surface area contributed by atoms with Gasteiger partial charge in [-0.2, -0.15) is 4.31 Å². The minimum atomic E-state index is -3.53. The second-order valence-corrected chi connectivity index (χ2v) is 9.13. The van der Waals surface area contributed by atoms with Crippen LogP contribution in [0.15, 0.2) is 53.4 Å². The average molecular weight is 418 g/mol. The molecule has 1 N–H and O–H groups in total. The molecule has 1 aliphatic rings. The van der Waals surface area contributed by atoms with Gasteiger partial charge in [0.1, 0.15) is 0 Å². The van der Waals surface area contributed by atoms with Gasteiger partial charge in [-0.05, 0) is 49.4 Å². The molecule has 156 valence electrons. The first-order valence-corrected chi connectivity index (χ1v) is 11.0. The third kappa shape index (κ3) is 5.63. The fraction of sp³-hybridized carbons (Fsp3) is 0.381. The van der Waals surface area contributed by atoms with Gasteiger partial charge in [0.25, 0.3) is 0 Å². The van der Waals surface area contributed by atoms with Crippen LogP contribution in [-0.4, -0.2) is 63.4 Å². The summed E-state index contributed by atoms with van der Waals surface area (Å²) in [6.45, 7) is 4.49. The number of nitrogens with zero attached hydrogens (tertiary/aromatic N) is 2. The summed E-state index contributed by atoms with van der Waals surface area (Å²) in [5.74, 6) is -0.148. The van der Waals surface area contributed by atoms with Crippen LogP contribution < -0.4 is 5.32 Å². The number of carbonyl (C=O) groups excluding carboxylic acids is 1. The highest BCUT2D eigenvalue weighted by Crippen LogP contribution is 2.19. The minimum Gasteiger partial charge on any atom is -0.379 e. The Morgan fingerprint density at radius 2 is 1.76 bits per heavy atom. The molecule has 0 bridgehead atoms. The summed E-state index contributed by atoms with van der Waals surface area (Å²) in [6.07, 6.45) is 0. The molecule has 29 heavy (non-hydrogen) atoms. The number of sulfonamides is 1. The lowest BCUT2D eigenvalue weighted by Gasteiger charge is -2.26. The molecule has 0 saturated carbocycles. The summed E-state index contributed by atoms with van der Waals surface area (Å²) in [5.41, 5.74) is 2.94. The Morgan fingerprint density at radius 3 is 2.41 bits per heavy atom. The molecule has 2 aromatic carbocycles. The first kappa shape index (κ1) is 21.4. The zero-order chi connectivity index (χ0) is 20.9. The third-order valence-electron chi connectivity index (χ3n) is 4.86. The van der Waals surface area contributed by atoms with E-state index in [4.69, 9.17) is 4.74 Å². The van der Waals surface area contributed by atoms with Gasteiger partial charge in [-0.1, -0.05) is 24.3 Å². The van der Waals surface area contributed by atoms with Gasteiger partial charge < -0.3 is 10.1 Å². The molecule has 7 nitrogen and oxygen atoms in total. The summed E-state index contributed by atoms with van der Waals surface area (Å²) in [5, 5.41) is 2.82. The number of carbonyl (C=O) groups is 1. The van der Waals surface area contributed by atoms with Crippen LogP contribution in [0.2, 0.25) is 0 Å². The molecule has 1 fully saturated rings. The Kier molecular flexibility index (Phi) is 7.02. The van der Waals surface area contributed by atoms with Gasteiger partial charge in [0.05, 0.1) is 24.7 Å². The quantitative estimate of drug-likeness (QED) is 0.746. The molecule has 1 saturated heterocycles. The maximum Gasteiger partial charge on any atom is 0.243 e. The molecule has 0 spiro atoms. The minimum absolute atomic E-state index is 0.148. The Balaban J connectivity index is 1.56. The number of likely N-dealkylation sites (N-methyl/N-ethyl adjacent to an activating group) is 1. The van der Waals surface area contributed by atoms with Gasteiger partial charge >= 0.3 is 0 Å². The van der Waals surface area contributed by atoms with E-state index in [1.54, 1.807) is 12.1 Å². The van der Waals surface area contributed by atoms with Crippen molar-refractivity contribution in [1.29, 1.82) is 0 Å². The highest BCUT2D eigenvalue weighted by molar-refractivity contribution is 7.89. The summed E-state index contributed by atoms with van der Waals surface area (Å²) < 4.78 is 31.9. The molecule has 2 aromatic rings. The van der Waals surface area contributed by atoms with E-state index in [0.717, 1.165) is 0 Å². The van der Waals surface area contributed by atoms with Gasteiger partial charge in [-0.25, -0.2) is 8.42 Å². The first-order valence-electron chi connectivity index (χ1n) is 9.57. The van der Waals surface area contributed by atoms with Crippen LogP contribution in [0.4, 0.5) is 5.69 Å². The predicted molar refractivity (Wildman–Crippen MR) is 112 cm³/mol. The van der Waals surface area contributed by atoms with Crippen molar-refractivity contribution in [3.63, 3.8) is 0 Å². The SMILES string of the molecule is Cc1ccccc1CN(C)CC(=O)Nc1ccc(S(=O)(=O)N2CCOCC2)cc1. The lowest BCUT2D eigenvalue weighted by Crippen LogP contribution is -2.40. The van der Waals surface area contributed by atoms with Crippen molar-refractivity contribution in [3.8, 4) is 0 Å². The van der Waals surface area contributed by atoms with Crippen molar-refractivity contribution < 1.29 is 17.9 Å². The number of hydrogen-bond acceptors (Lipinski definition) is 5. The molecule has 8 heteroatoms. The van der Waals surface area contributed by atoms with Crippen LogP contribution in [0, 0.1) is 6.92 Å². The molecule has 1 aliphatic heterocycles. The van der Waals surface area contributed by atoms with Crippen molar-refractivity contribution in [2.45, 2.75) is 18.4 Å². The molecule has 0 radical (unpaired) electrons. The predicted octanol–water partition coefficient (Wildman–Crippen LogP) is 2.09. The van der Waals surface area contributed by atoms with E-state index in [0.29, 0.717) is 38.5 Å². The van der Waals surface area contributed by atoms with E-state index in [1.165, 1.54) is 27.6 Å². The van der Waals surface area contributed by atoms with Gasteiger partial charge in [0.15, 0.2) is 0 Å². The number of aryl methyl sites for hydroxylation is 1. The van der Waals surface area contributed by atoms with Crippen molar-refractivity contribution >= 4 is 21.6 Å². The van der Waals surface area contributed by atoms with E-state index >= 15 is 0 Å². The van der Waals surface area contributed by atoms with Crippen LogP contribution in [0.5, 0.6) is 0 Å². The van der Waals surface area contributed by atoms with Gasteiger partial charge in [0.2, 0.25) is 15.9 Å². The Morgan fingerprint density at radius 1 is 1.10 bits per heavy atom. The molecule has 1 amide bonds. The van der Waals surface area contributed by atoms with E-state index in [9.17, 15) is 13.2 Å². The Hall–Kier alpha value is -2.26. The largest absolute Gasteiger partial charge is 0.379 e. The van der Waals surface area contributed by atoms with E-state index in [-0.39, 0.29) is 17.3 Å². The van der Waals surface area contributed by atoms with Crippen molar-refractivity contribution in [2.75, 3.05) is 45.2 Å². The third-order valence-corrected chi connectivity index (χ3v) is 6.77. The van der Waals surface area contributed by atoms with E-state index in [2.05, 4.69) is 24.4 Å². The molecule has 3 rings (SSSR count). The highest BCUT2D eigenvalue weighted by Gasteiger charge is 2.26. The smallest absolute Gasteiger partial charge is 0.243 e. The van der Waals surface area contributed by atoms with Crippen molar-refractivity contribution in [2.24, 2.45) is 0 Å². The number of ether oxygens (including phenoxy) is 1. The number of nitrogens with one attached hydrogen (secondary N) is 1. The number of amides is 1. The topological polar surface area (TPSA) is 79.0 Å². The highest BCUT2D eigenvalue weighted by atomic mass is 32.2. The van der Waals surface area contributed by atoms with Crippen molar-refractivity contribution in [1.82, 2.24) is 9.21 Å². The maximum atomic E-state index is 12.6. The second-order valence-electron chi connectivity index (χ2n) is 7.19. The Bertz CT molecular complexity index is 939. The number of morpholine rings is 1. The van der Waals surface area contributed by atoms with E-state index < -0.39 is 10.0 Å². The zero-order valence-corrected chi connectivity index (χ0v) is 17.6. The van der Waals surface area contributed by atoms with Crippen LogP contribution in [-0.2, 0) is 26.1 Å². The number of benzene rings is 2. The number of anilines is 1. The van der Waals surface area contributed by atoms with Crippen molar-refractivity contribution in [3.05, 3.63) is 59.7 Å². The Labute approximate surface area is 172 Å². The summed E-state index contributed by atoms with van der Waals surface area (Å²) in [6, 6.07) is 14.4. The molecular formula is C21H27N3O4S. The molecular weight excluding hydrogens is 390 g/mol. The lowest BCUT2D eigenvalue weighted by atomic mass is 10.1. The normalized spacial score (nSPS) is 15.4. The van der Waals surface area contributed by atoms with Gasteiger partial charge in [-0.15, -0.1) is 0 Å². The molecule has 1 heterocycles. The number of hydrogen-bond donors (Lipinski definition) is 1. The summed E-state index contributed by atoms with van der Waals surface area (Å²) >= 11 is 0. The zero-order valence-electron chi connectivity index (χ0n) is 16.8. The summed E-state index contributed by atoms with van der Waals surface area (Å²) in [7, 11) is -1.64. The van der Waals surface area contributed by atoms with Gasteiger partial charge in [-0.3, -0.25) is 9.69 Å². The fourth-order valence-corrected chi connectivity index (χ4v) is 4.63. The van der Waals surface area contributed by atoms with Crippen LogP contribution in [0.25, 0.3) is 0 Å². The molecule has 0 aliphatic carbocycles. The molecule has 0 unspecified atom stereocenters. The maximum absolute atomic E-state index is 12.6. The standard InChI is InChI=1S/C21H27N3O4S/c1-17-5-3-4-6-18(17)15-23(2)16-21(25)22-19-7-9-20(10-8-19)29(26,27)24-11-13-28-14-12-24/h3-10H,11-16H2,1-2H3,(H,22,25). The second kappa shape index (κ2) is 9.49. The van der Waals surface area contributed by atoms with E-state index in [1.807, 2.05) is 24.1 Å². The first-order chi connectivity index (χ1) is 13.9. The van der Waals surface area contributed by atoms with Crippen LogP contribution in [0.1, 0.15) is 11.1 Å². The monoisotopic (exact) mass is 417 g/mol.